The molecular formula is C16H17F2N5S. The SMILES string of the molecule is NC1NC2(c3ccccc3F)CN(c3ncc(F)cn3)CC2CS1. The Balaban J connectivity index is 1.74. The molecule has 2 fully saturated rings. The zero-order valence-corrected chi connectivity index (χ0v) is 13.6. The van der Waals surface area contributed by atoms with Gasteiger partial charge in [0.15, 0.2) is 5.82 Å². The van der Waals surface area contributed by atoms with Gasteiger partial charge in [0.1, 0.15) is 11.3 Å². The normalized spacial score (nSPS) is 29.5. The van der Waals surface area contributed by atoms with Crippen LogP contribution in [0, 0.1) is 17.6 Å². The van der Waals surface area contributed by atoms with Gasteiger partial charge in [-0.05, 0) is 6.07 Å². The van der Waals surface area contributed by atoms with Crippen molar-refractivity contribution >= 4 is 17.7 Å². The van der Waals surface area contributed by atoms with Gasteiger partial charge in [-0.25, -0.2) is 18.7 Å². The van der Waals surface area contributed by atoms with E-state index in [9.17, 15) is 8.78 Å². The number of benzene rings is 1. The first kappa shape index (κ1) is 15.7. The second-order valence-electron chi connectivity index (χ2n) is 6.13. The van der Waals surface area contributed by atoms with Crippen LogP contribution in [0.15, 0.2) is 36.7 Å². The molecule has 1 aromatic carbocycles. The van der Waals surface area contributed by atoms with Gasteiger partial charge in [-0.2, -0.15) is 0 Å². The summed E-state index contributed by atoms with van der Waals surface area (Å²) in [4.78, 5) is 10.1. The molecule has 0 radical (unpaired) electrons. The van der Waals surface area contributed by atoms with Crippen molar-refractivity contribution in [2.45, 2.75) is 11.0 Å². The van der Waals surface area contributed by atoms with E-state index >= 15 is 0 Å². The van der Waals surface area contributed by atoms with E-state index in [-0.39, 0.29) is 17.2 Å². The summed E-state index contributed by atoms with van der Waals surface area (Å²) < 4.78 is 27.6. The number of fused-ring (bicyclic) bond motifs is 1. The largest absolute Gasteiger partial charge is 0.338 e. The molecule has 3 unspecified atom stereocenters. The average Bonchev–Trinajstić information content (AvgIpc) is 2.95. The van der Waals surface area contributed by atoms with E-state index in [4.69, 9.17) is 5.73 Å². The third-order valence-corrected chi connectivity index (χ3v) is 5.77. The van der Waals surface area contributed by atoms with Crippen LogP contribution in [0.3, 0.4) is 0 Å². The number of hydrogen-bond acceptors (Lipinski definition) is 6. The molecule has 0 bridgehead atoms. The standard InChI is InChI=1S/C16H17F2N5S/c17-11-5-20-15(21-6-11)23-7-10-8-24-14(19)22-16(10,9-23)12-3-1-2-4-13(12)18/h1-6,10,14,22H,7-9,19H2. The van der Waals surface area contributed by atoms with Crippen molar-refractivity contribution in [3.63, 3.8) is 0 Å². The lowest BCUT2D eigenvalue weighted by atomic mass is 9.81. The number of nitrogens with zero attached hydrogens (tertiary/aromatic N) is 3. The molecule has 3 N–H and O–H groups in total. The van der Waals surface area contributed by atoms with E-state index in [2.05, 4.69) is 15.3 Å². The maximum atomic E-state index is 14.5. The number of halogens is 2. The predicted octanol–water partition coefficient (Wildman–Crippen LogP) is 1.67. The molecule has 126 valence electrons. The van der Waals surface area contributed by atoms with E-state index in [1.165, 1.54) is 6.07 Å². The van der Waals surface area contributed by atoms with Crippen molar-refractivity contribution in [2.24, 2.45) is 11.7 Å². The number of rotatable bonds is 2. The topological polar surface area (TPSA) is 67.1 Å². The summed E-state index contributed by atoms with van der Waals surface area (Å²) in [7, 11) is 0. The van der Waals surface area contributed by atoms with Crippen molar-refractivity contribution in [2.75, 3.05) is 23.7 Å². The monoisotopic (exact) mass is 349 g/mol. The van der Waals surface area contributed by atoms with Gasteiger partial charge in [-0.15, -0.1) is 11.8 Å². The molecule has 5 nitrogen and oxygen atoms in total. The van der Waals surface area contributed by atoms with E-state index in [0.717, 1.165) is 18.1 Å². The number of nitrogens with two attached hydrogens (primary N) is 1. The minimum absolute atomic E-state index is 0.146. The predicted molar refractivity (Wildman–Crippen MR) is 89.3 cm³/mol. The molecule has 1 aromatic heterocycles. The summed E-state index contributed by atoms with van der Waals surface area (Å²) in [6.07, 6.45) is 2.29. The Hall–Kier alpha value is -1.77. The summed E-state index contributed by atoms with van der Waals surface area (Å²) in [5.74, 6) is 0.667. The molecule has 0 aliphatic carbocycles. The Morgan fingerprint density at radius 2 is 2.00 bits per heavy atom. The third-order valence-electron chi connectivity index (χ3n) is 4.70. The van der Waals surface area contributed by atoms with Gasteiger partial charge >= 0.3 is 0 Å². The molecule has 3 atom stereocenters. The van der Waals surface area contributed by atoms with Gasteiger partial charge in [-0.1, -0.05) is 18.2 Å². The fourth-order valence-corrected chi connectivity index (χ4v) is 4.74. The molecule has 2 aliphatic heterocycles. The highest BCUT2D eigenvalue weighted by Crippen LogP contribution is 2.44. The van der Waals surface area contributed by atoms with Crippen LogP contribution in [0.2, 0.25) is 0 Å². The lowest BCUT2D eigenvalue weighted by molar-refractivity contribution is 0.265. The van der Waals surface area contributed by atoms with Gasteiger partial charge in [0.2, 0.25) is 5.95 Å². The molecule has 2 aromatic rings. The van der Waals surface area contributed by atoms with Crippen molar-refractivity contribution in [1.82, 2.24) is 15.3 Å². The Labute approximate surface area is 142 Å². The van der Waals surface area contributed by atoms with E-state index in [1.807, 2.05) is 11.0 Å². The average molecular weight is 349 g/mol. The molecule has 24 heavy (non-hydrogen) atoms. The summed E-state index contributed by atoms with van der Waals surface area (Å²) >= 11 is 1.61. The number of anilines is 1. The maximum absolute atomic E-state index is 14.5. The molecule has 4 rings (SSSR count). The molecular weight excluding hydrogens is 332 g/mol. The number of nitrogens with one attached hydrogen (secondary N) is 1. The molecule has 8 heteroatoms. The summed E-state index contributed by atoms with van der Waals surface area (Å²) in [6, 6.07) is 6.77. The van der Waals surface area contributed by atoms with Crippen LogP contribution in [0.4, 0.5) is 14.7 Å². The van der Waals surface area contributed by atoms with Gasteiger partial charge in [0.05, 0.1) is 17.9 Å². The minimum atomic E-state index is -0.603. The van der Waals surface area contributed by atoms with Crippen LogP contribution in [0.5, 0.6) is 0 Å². The van der Waals surface area contributed by atoms with Crippen LogP contribution in [-0.4, -0.2) is 34.3 Å². The van der Waals surface area contributed by atoms with Gasteiger partial charge in [0.25, 0.3) is 0 Å². The van der Waals surface area contributed by atoms with E-state index < -0.39 is 11.4 Å². The van der Waals surface area contributed by atoms with E-state index in [1.54, 1.807) is 23.9 Å². The summed E-state index contributed by atoms with van der Waals surface area (Å²) in [6.45, 7) is 1.14. The third kappa shape index (κ3) is 2.54. The van der Waals surface area contributed by atoms with Crippen LogP contribution < -0.4 is 16.0 Å². The molecule has 0 saturated carbocycles. The molecule has 2 saturated heterocycles. The van der Waals surface area contributed by atoms with Crippen molar-refractivity contribution in [1.29, 1.82) is 0 Å². The number of hydrogen-bond donors (Lipinski definition) is 2. The summed E-state index contributed by atoms with van der Waals surface area (Å²) in [5, 5.41) is 3.39. The van der Waals surface area contributed by atoms with Crippen molar-refractivity contribution in [3.8, 4) is 0 Å². The second kappa shape index (κ2) is 5.94. The Morgan fingerprint density at radius 3 is 2.75 bits per heavy atom. The van der Waals surface area contributed by atoms with Crippen LogP contribution in [-0.2, 0) is 5.54 Å². The van der Waals surface area contributed by atoms with Crippen LogP contribution >= 0.6 is 11.8 Å². The second-order valence-corrected chi connectivity index (χ2v) is 7.30. The Kier molecular flexibility index (Phi) is 3.90. The first-order valence-corrected chi connectivity index (χ1v) is 8.76. The number of aromatic nitrogens is 2. The van der Waals surface area contributed by atoms with Crippen molar-refractivity contribution < 1.29 is 8.78 Å². The zero-order valence-electron chi connectivity index (χ0n) is 12.8. The lowest BCUT2D eigenvalue weighted by Crippen LogP contribution is -2.59. The first-order valence-electron chi connectivity index (χ1n) is 7.71. The quantitative estimate of drug-likeness (QED) is 0.860. The fraction of sp³-hybridized carbons (Fsp3) is 0.375. The smallest absolute Gasteiger partial charge is 0.225 e. The molecule has 0 spiro atoms. The Bertz CT molecular complexity index is 744. The van der Waals surface area contributed by atoms with Crippen LogP contribution in [0.25, 0.3) is 0 Å². The van der Waals surface area contributed by atoms with Gasteiger partial charge < -0.3 is 10.6 Å². The summed E-state index contributed by atoms with van der Waals surface area (Å²) in [5.41, 5.74) is 5.83. The highest BCUT2D eigenvalue weighted by molar-refractivity contribution is 7.99. The zero-order chi connectivity index (χ0) is 16.7. The molecule has 0 amide bonds. The fourth-order valence-electron chi connectivity index (χ4n) is 3.62. The number of thioether (sulfide) groups is 1. The van der Waals surface area contributed by atoms with Gasteiger partial charge in [0, 0.05) is 30.3 Å². The molecule has 2 aliphatic rings. The maximum Gasteiger partial charge on any atom is 0.225 e. The van der Waals surface area contributed by atoms with E-state index in [0.29, 0.717) is 24.6 Å². The Morgan fingerprint density at radius 1 is 1.25 bits per heavy atom. The highest BCUT2D eigenvalue weighted by Gasteiger charge is 2.52. The van der Waals surface area contributed by atoms with Gasteiger partial charge in [-0.3, -0.25) is 5.32 Å². The van der Waals surface area contributed by atoms with Crippen LogP contribution in [0.1, 0.15) is 5.56 Å². The highest BCUT2D eigenvalue weighted by atomic mass is 32.2. The van der Waals surface area contributed by atoms with Crippen molar-refractivity contribution in [3.05, 3.63) is 53.9 Å². The lowest BCUT2D eigenvalue weighted by Gasteiger charge is -2.42. The minimum Gasteiger partial charge on any atom is -0.338 e. The molecule has 3 heterocycles. The first-order chi connectivity index (χ1) is 11.6.